The number of aliphatic hydroxyl groups excluding tert-OH is 1. The van der Waals surface area contributed by atoms with Crippen LogP contribution in [0.25, 0.3) is 22.2 Å². The minimum Gasteiger partial charge on any atom is -0.393 e. The summed E-state index contributed by atoms with van der Waals surface area (Å²) in [5.41, 5.74) is 3.25. The highest BCUT2D eigenvalue weighted by molar-refractivity contribution is 5.94. The van der Waals surface area contributed by atoms with Gasteiger partial charge in [0.15, 0.2) is 0 Å². The molecule has 0 spiro atoms. The minimum absolute atomic E-state index is 0. The molecule has 2 aromatic heterocycles. The predicted octanol–water partition coefficient (Wildman–Crippen LogP) is 4.75. The number of rotatable bonds is 8. The molecule has 36 heavy (non-hydrogen) atoms. The van der Waals surface area contributed by atoms with Crippen LogP contribution in [0.3, 0.4) is 0 Å². The third-order valence-electron chi connectivity index (χ3n) is 7.38. The van der Waals surface area contributed by atoms with Gasteiger partial charge in [-0.05, 0) is 43.7 Å². The highest BCUT2D eigenvalue weighted by atomic mass is 35.5. The Morgan fingerprint density at radius 3 is 2.64 bits per heavy atom. The van der Waals surface area contributed by atoms with Crippen LogP contribution in [0.15, 0.2) is 30.6 Å². The molecule has 1 saturated heterocycles. The topological polar surface area (TPSA) is 78.2 Å². The van der Waals surface area contributed by atoms with Gasteiger partial charge in [0, 0.05) is 74.2 Å². The van der Waals surface area contributed by atoms with Crippen molar-refractivity contribution >= 4 is 29.4 Å². The Morgan fingerprint density at radius 2 is 1.92 bits per heavy atom. The van der Waals surface area contributed by atoms with Gasteiger partial charge in [-0.25, -0.2) is 9.37 Å². The number of aromatic nitrogens is 3. The first-order valence-electron chi connectivity index (χ1n) is 13.1. The van der Waals surface area contributed by atoms with E-state index in [9.17, 15) is 5.11 Å². The second-order valence-electron chi connectivity index (χ2n) is 9.96. The highest BCUT2D eigenvalue weighted by Gasteiger charge is 2.25. The van der Waals surface area contributed by atoms with Gasteiger partial charge in [-0.15, -0.1) is 12.4 Å². The number of anilines is 1. The fourth-order valence-electron chi connectivity index (χ4n) is 5.32. The fraction of sp³-hybridized carbons (Fsp3) is 0.556. The predicted molar refractivity (Wildman–Crippen MR) is 145 cm³/mol. The Hall–Kier alpha value is -2.26. The van der Waals surface area contributed by atoms with Gasteiger partial charge < -0.3 is 20.3 Å². The van der Waals surface area contributed by atoms with Crippen LogP contribution in [0.5, 0.6) is 0 Å². The van der Waals surface area contributed by atoms with E-state index in [1.165, 1.54) is 0 Å². The van der Waals surface area contributed by atoms with E-state index in [2.05, 4.69) is 32.0 Å². The number of nitrogens with one attached hydrogen (secondary N) is 2. The molecule has 0 amide bonds. The second-order valence-corrected chi connectivity index (χ2v) is 9.96. The van der Waals surface area contributed by atoms with E-state index in [4.69, 9.17) is 4.98 Å². The number of benzene rings is 1. The van der Waals surface area contributed by atoms with Crippen molar-refractivity contribution in [3.63, 3.8) is 0 Å². The molecule has 3 aromatic rings. The van der Waals surface area contributed by atoms with E-state index in [-0.39, 0.29) is 30.4 Å². The molecule has 3 heterocycles. The van der Waals surface area contributed by atoms with Gasteiger partial charge in [-0.2, -0.15) is 4.98 Å². The number of unbranched alkanes of at least 4 members (excludes halogenated alkanes) is 1. The van der Waals surface area contributed by atoms with E-state index in [0.717, 1.165) is 100.0 Å². The zero-order chi connectivity index (χ0) is 24.2. The quantitative estimate of drug-likeness (QED) is 0.375. The van der Waals surface area contributed by atoms with Gasteiger partial charge in [0.05, 0.1) is 6.10 Å². The maximum atomic E-state index is 15.5. The first-order chi connectivity index (χ1) is 17.1. The van der Waals surface area contributed by atoms with E-state index >= 15 is 4.39 Å². The highest BCUT2D eigenvalue weighted by Crippen LogP contribution is 2.37. The number of halogens is 2. The molecule has 9 heteroatoms. The molecular formula is C27H38ClFN6O. The van der Waals surface area contributed by atoms with Gasteiger partial charge >= 0.3 is 0 Å². The summed E-state index contributed by atoms with van der Waals surface area (Å²) in [4.78, 5) is 11.8. The maximum absolute atomic E-state index is 15.5. The lowest BCUT2D eigenvalue weighted by Crippen LogP contribution is -2.42. The van der Waals surface area contributed by atoms with Crippen LogP contribution in [-0.2, 0) is 6.54 Å². The normalized spacial score (nSPS) is 20.9. The van der Waals surface area contributed by atoms with Crippen molar-refractivity contribution < 1.29 is 9.50 Å². The van der Waals surface area contributed by atoms with Crippen LogP contribution in [-0.4, -0.2) is 63.4 Å². The third-order valence-corrected chi connectivity index (χ3v) is 7.38. The summed E-state index contributed by atoms with van der Waals surface area (Å²) < 4.78 is 17.7. The molecule has 1 saturated carbocycles. The van der Waals surface area contributed by atoms with E-state index in [0.29, 0.717) is 11.5 Å². The van der Waals surface area contributed by atoms with Crippen LogP contribution in [0.4, 0.5) is 10.3 Å². The average molecular weight is 517 g/mol. The summed E-state index contributed by atoms with van der Waals surface area (Å²) in [5, 5.41) is 17.6. The molecule has 196 valence electrons. The lowest BCUT2D eigenvalue weighted by molar-refractivity contribution is 0.111. The number of nitrogens with zero attached hydrogens (tertiary/aromatic N) is 4. The number of hydrogen-bond acceptors (Lipinski definition) is 6. The van der Waals surface area contributed by atoms with Crippen molar-refractivity contribution in [3.8, 4) is 11.1 Å². The Labute approximate surface area is 218 Å². The lowest BCUT2D eigenvalue weighted by atomic mass is 9.93. The van der Waals surface area contributed by atoms with Gasteiger partial charge in [-0.3, -0.25) is 4.90 Å². The molecule has 0 unspecified atom stereocenters. The standard InChI is InChI=1S/C27H37FN6O.ClH/c1-2-3-10-30-27-31-16-23-24(18-34(26(23)32-27)20-5-7-21(35)8-6-20)22-9-4-19(15-25(22)28)17-33-13-11-29-12-14-33;/h4,9,15-16,18,20-21,29,35H,2-3,5-8,10-14,17H2,1H3,(H,30,31,32);1H/t20-,21-;. The lowest BCUT2D eigenvalue weighted by Gasteiger charge is -2.27. The summed E-state index contributed by atoms with van der Waals surface area (Å²) in [7, 11) is 0. The smallest absolute Gasteiger partial charge is 0.224 e. The Balaban J connectivity index is 0.00000304. The zero-order valence-electron chi connectivity index (χ0n) is 21.0. The number of fused-ring (bicyclic) bond motifs is 1. The summed E-state index contributed by atoms with van der Waals surface area (Å²) in [5.74, 6) is 0.403. The summed E-state index contributed by atoms with van der Waals surface area (Å²) in [6.45, 7) is 7.68. The molecule has 0 radical (unpaired) electrons. The fourth-order valence-corrected chi connectivity index (χ4v) is 5.32. The maximum Gasteiger partial charge on any atom is 0.224 e. The van der Waals surface area contributed by atoms with E-state index in [1.54, 1.807) is 6.07 Å². The Morgan fingerprint density at radius 1 is 1.14 bits per heavy atom. The van der Waals surface area contributed by atoms with Crippen LogP contribution >= 0.6 is 12.4 Å². The minimum atomic E-state index is -0.228. The van der Waals surface area contributed by atoms with Crippen molar-refractivity contribution in [1.82, 2.24) is 24.8 Å². The summed E-state index contributed by atoms with van der Waals surface area (Å²) in [6, 6.07) is 5.87. The monoisotopic (exact) mass is 516 g/mol. The first kappa shape index (κ1) is 26.8. The van der Waals surface area contributed by atoms with Crippen LogP contribution in [0, 0.1) is 5.82 Å². The molecular weight excluding hydrogens is 479 g/mol. The molecule has 1 aliphatic heterocycles. The van der Waals surface area contributed by atoms with Crippen LogP contribution in [0.1, 0.15) is 57.1 Å². The first-order valence-corrected chi connectivity index (χ1v) is 13.1. The van der Waals surface area contributed by atoms with Crippen molar-refractivity contribution in [2.45, 2.75) is 64.1 Å². The second kappa shape index (κ2) is 12.3. The van der Waals surface area contributed by atoms with Gasteiger partial charge in [0.1, 0.15) is 11.5 Å². The Kier molecular flexibility index (Phi) is 9.17. The van der Waals surface area contributed by atoms with Gasteiger partial charge in [-0.1, -0.05) is 25.5 Å². The number of aliphatic hydroxyl groups is 1. The Bertz CT molecular complexity index is 1140. The molecule has 7 nitrogen and oxygen atoms in total. The van der Waals surface area contributed by atoms with Crippen molar-refractivity contribution in [2.75, 3.05) is 38.0 Å². The molecule has 1 aromatic carbocycles. The SMILES string of the molecule is CCCCNc1ncc2c(-c3ccc(CN4CCNCC4)cc3F)cn([C@H]3CC[C@H](O)CC3)c2n1.Cl. The molecule has 0 atom stereocenters. The van der Waals surface area contributed by atoms with Crippen LogP contribution in [0.2, 0.25) is 0 Å². The van der Waals surface area contributed by atoms with Crippen molar-refractivity contribution in [1.29, 1.82) is 0 Å². The van der Waals surface area contributed by atoms with Crippen LogP contribution < -0.4 is 10.6 Å². The zero-order valence-corrected chi connectivity index (χ0v) is 21.9. The van der Waals surface area contributed by atoms with Gasteiger partial charge in [0.25, 0.3) is 0 Å². The number of hydrogen-bond donors (Lipinski definition) is 3. The van der Waals surface area contributed by atoms with Gasteiger partial charge in [0.2, 0.25) is 5.95 Å². The third kappa shape index (κ3) is 5.99. The molecule has 2 aliphatic rings. The summed E-state index contributed by atoms with van der Waals surface area (Å²) >= 11 is 0. The molecule has 1 aliphatic carbocycles. The summed E-state index contributed by atoms with van der Waals surface area (Å²) in [6.07, 6.45) is 9.14. The largest absolute Gasteiger partial charge is 0.393 e. The molecule has 3 N–H and O–H groups in total. The van der Waals surface area contributed by atoms with Crippen molar-refractivity contribution in [3.05, 3.63) is 42.0 Å². The van der Waals surface area contributed by atoms with E-state index in [1.807, 2.05) is 24.5 Å². The average Bonchev–Trinajstić information content (AvgIpc) is 3.24. The molecule has 0 bridgehead atoms. The van der Waals surface area contributed by atoms with Crippen molar-refractivity contribution in [2.24, 2.45) is 0 Å². The number of piperazine rings is 1. The van der Waals surface area contributed by atoms with E-state index < -0.39 is 0 Å². The molecule has 5 rings (SSSR count). The molecule has 2 fully saturated rings.